The van der Waals surface area contributed by atoms with E-state index in [2.05, 4.69) is 15.3 Å². The van der Waals surface area contributed by atoms with Crippen LogP contribution < -0.4 is 16.4 Å². The van der Waals surface area contributed by atoms with E-state index < -0.39 is 16.0 Å². The van der Waals surface area contributed by atoms with Crippen LogP contribution in [-0.2, 0) is 6.54 Å². The minimum atomic E-state index is -0.833. The number of nitrogens with one attached hydrogen (secondary N) is 3. The fourth-order valence-electron chi connectivity index (χ4n) is 1.84. The molecule has 1 aromatic carbocycles. The summed E-state index contributed by atoms with van der Waals surface area (Å²) in [5, 5.41) is 14.0. The summed E-state index contributed by atoms with van der Waals surface area (Å²) in [6, 6.07) is 2.79. The largest absolute Gasteiger partial charge is 0.316 e. The molecule has 0 unspecified atom stereocenters. The molecule has 0 amide bonds. The van der Waals surface area contributed by atoms with E-state index in [1.54, 1.807) is 0 Å². The first-order chi connectivity index (χ1) is 9.38. The van der Waals surface area contributed by atoms with Crippen LogP contribution >= 0.6 is 17.0 Å². The number of hydrogen-bond acceptors (Lipinski definition) is 5. The number of nitro benzene ring substituents is 1. The quantitative estimate of drug-likeness (QED) is 0.430. The number of aromatic amines is 2. The van der Waals surface area contributed by atoms with E-state index in [0.717, 1.165) is 0 Å². The fraction of sp³-hybridized carbons (Fsp3) is 0.333. The summed E-state index contributed by atoms with van der Waals surface area (Å²) < 4.78 is 0. The van der Waals surface area contributed by atoms with Gasteiger partial charge in [0.05, 0.1) is 16.0 Å². The first-order valence-electron chi connectivity index (χ1n) is 6.05. The summed E-state index contributed by atoms with van der Waals surface area (Å²) in [6.07, 6.45) is 0. The number of halogens is 1. The highest BCUT2D eigenvalue weighted by Gasteiger charge is 2.13. The second-order valence-electron chi connectivity index (χ2n) is 4.73. The van der Waals surface area contributed by atoms with Crippen molar-refractivity contribution in [3.8, 4) is 0 Å². The molecule has 9 heteroatoms. The Labute approximate surface area is 129 Å². The van der Waals surface area contributed by atoms with E-state index in [1.807, 2.05) is 13.8 Å². The fourth-order valence-corrected chi connectivity index (χ4v) is 1.84. The zero-order valence-corrected chi connectivity index (χ0v) is 13.1. The molecule has 1 heterocycles. The topological polar surface area (TPSA) is 121 Å². The lowest BCUT2D eigenvalue weighted by atomic mass is 10.1. The van der Waals surface area contributed by atoms with Gasteiger partial charge in [0, 0.05) is 24.7 Å². The average Bonchev–Trinajstić information content (AvgIpc) is 2.37. The van der Waals surface area contributed by atoms with E-state index >= 15 is 0 Å². The van der Waals surface area contributed by atoms with Gasteiger partial charge in [-0.25, -0.2) is 0 Å². The van der Waals surface area contributed by atoms with Crippen LogP contribution in [0.2, 0.25) is 0 Å². The van der Waals surface area contributed by atoms with Gasteiger partial charge in [0.1, 0.15) is 0 Å². The molecule has 3 N–H and O–H groups in total. The van der Waals surface area contributed by atoms with Crippen molar-refractivity contribution in [3.05, 3.63) is 48.5 Å². The molecule has 0 aliphatic heterocycles. The van der Waals surface area contributed by atoms with Gasteiger partial charge in [-0.1, -0.05) is 13.8 Å². The van der Waals surface area contributed by atoms with Crippen molar-refractivity contribution in [2.24, 2.45) is 0 Å². The van der Waals surface area contributed by atoms with Crippen molar-refractivity contribution < 1.29 is 4.92 Å². The maximum atomic E-state index is 11.4. The van der Waals surface area contributed by atoms with Crippen molar-refractivity contribution in [2.75, 3.05) is 0 Å². The number of benzene rings is 1. The molecular weight excluding hydrogens is 344 g/mol. The third kappa shape index (κ3) is 3.76. The SMILES string of the molecule is Br.CC(C)NCc1cc([N+](=O)[O-])cc2[nH]c(=O)c(=O)[nH]c12. The van der Waals surface area contributed by atoms with Crippen LogP contribution in [0, 0.1) is 10.1 Å². The van der Waals surface area contributed by atoms with Crippen molar-refractivity contribution in [2.45, 2.75) is 26.4 Å². The smallest absolute Gasteiger partial charge is 0.314 e. The summed E-state index contributed by atoms with van der Waals surface area (Å²) in [6.45, 7) is 4.21. The Morgan fingerprint density at radius 2 is 1.86 bits per heavy atom. The van der Waals surface area contributed by atoms with Crippen LogP contribution in [0.5, 0.6) is 0 Å². The third-order valence-corrected chi connectivity index (χ3v) is 2.81. The molecule has 0 atom stereocenters. The first kappa shape index (κ1) is 17.1. The molecule has 114 valence electrons. The van der Waals surface area contributed by atoms with Gasteiger partial charge in [-0.15, -0.1) is 17.0 Å². The number of nitrogens with zero attached hydrogens (tertiary/aromatic N) is 1. The minimum absolute atomic E-state index is 0. The summed E-state index contributed by atoms with van der Waals surface area (Å²) in [5.41, 5.74) is -0.562. The van der Waals surface area contributed by atoms with Crippen molar-refractivity contribution in [1.29, 1.82) is 0 Å². The Hall–Kier alpha value is -2.00. The third-order valence-electron chi connectivity index (χ3n) is 2.81. The molecule has 21 heavy (non-hydrogen) atoms. The van der Waals surface area contributed by atoms with E-state index in [4.69, 9.17) is 0 Å². The number of aromatic nitrogens is 2. The summed E-state index contributed by atoms with van der Waals surface area (Å²) in [4.78, 5) is 37.9. The van der Waals surface area contributed by atoms with Crippen molar-refractivity contribution >= 4 is 33.7 Å². The number of non-ortho nitro benzene ring substituents is 1. The van der Waals surface area contributed by atoms with Crippen molar-refractivity contribution in [1.82, 2.24) is 15.3 Å². The lowest BCUT2D eigenvalue weighted by Crippen LogP contribution is -2.30. The average molecular weight is 359 g/mol. The van der Waals surface area contributed by atoms with Crippen molar-refractivity contribution in [3.63, 3.8) is 0 Å². The molecule has 1 aromatic heterocycles. The summed E-state index contributed by atoms with van der Waals surface area (Å²) in [7, 11) is 0. The van der Waals surface area contributed by atoms with E-state index in [9.17, 15) is 19.7 Å². The maximum absolute atomic E-state index is 11.4. The molecule has 8 nitrogen and oxygen atoms in total. The van der Waals surface area contributed by atoms with E-state index in [1.165, 1.54) is 12.1 Å². The van der Waals surface area contributed by atoms with Crippen LogP contribution in [0.15, 0.2) is 21.7 Å². The van der Waals surface area contributed by atoms with Gasteiger partial charge in [-0.3, -0.25) is 19.7 Å². The number of nitro groups is 1. The highest BCUT2D eigenvalue weighted by atomic mass is 79.9. The monoisotopic (exact) mass is 358 g/mol. The molecule has 0 spiro atoms. The molecule has 0 aliphatic carbocycles. The van der Waals surface area contributed by atoms with Crippen LogP contribution in [0.4, 0.5) is 5.69 Å². The predicted octanol–water partition coefficient (Wildman–Crippen LogP) is 1.20. The molecule has 2 rings (SSSR count). The Kier molecular flexibility index (Phi) is 5.39. The van der Waals surface area contributed by atoms with Crippen LogP contribution in [0.1, 0.15) is 19.4 Å². The second-order valence-corrected chi connectivity index (χ2v) is 4.73. The first-order valence-corrected chi connectivity index (χ1v) is 6.05. The molecule has 0 aliphatic rings. The summed E-state index contributed by atoms with van der Waals surface area (Å²) in [5.74, 6) is 0. The Balaban J connectivity index is 0.00000220. The Morgan fingerprint density at radius 1 is 1.24 bits per heavy atom. The van der Waals surface area contributed by atoms with E-state index in [0.29, 0.717) is 17.6 Å². The van der Waals surface area contributed by atoms with Crippen LogP contribution in [0.3, 0.4) is 0 Å². The number of rotatable bonds is 4. The molecular formula is C12H15BrN4O4. The highest BCUT2D eigenvalue weighted by Crippen LogP contribution is 2.21. The lowest BCUT2D eigenvalue weighted by Gasteiger charge is -2.10. The zero-order valence-electron chi connectivity index (χ0n) is 11.4. The molecule has 0 bridgehead atoms. The van der Waals surface area contributed by atoms with Gasteiger partial charge in [0.2, 0.25) is 0 Å². The maximum Gasteiger partial charge on any atom is 0.314 e. The Bertz CT molecular complexity index is 781. The van der Waals surface area contributed by atoms with Gasteiger partial charge in [0.25, 0.3) is 5.69 Å². The number of hydrogen-bond donors (Lipinski definition) is 3. The normalized spacial score (nSPS) is 10.6. The van der Waals surface area contributed by atoms with Gasteiger partial charge in [-0.05, 0) is 5.56 Å². The molecule has 0 fully saturated rings. The van der Waals surface area contributed by atoms with Crippen LogP contribution in [0.25, 0.3) is 11.0 Å². The van der Waals surface area contributed by atoms with Gasteiger partial charge < -0.3 is 15.3 Å². The lowest BCUT2D eigenvalue weighted by molar-refractivity contribution is -0.384. The molecule has 2 aromatic rings. The van der Waals surface area contributed by atoms with Gasteiger partial charge >= 0.3 is 11.1 Å². The molecule has 0 saturated carbocycles. The second kappa shape index (κ2) is 6.64. The predicted molar refractivity (Wildman–Crippen MR) is 84.1 cm³/mol. The zero-order chi connectivity index (χ0) is 14.9. The number of fused-ring (bicyclic) bond motifs is 1. The van der Waals surface area contributed by atoms with Crippen LogP contribution in [-0.4, -0.2) is 20.9 Å². The van der Waals surface area contributed by atoms with Gasteiger partial charge in [-0.2, -0.15) is 0 Å². The highest BCUT2D eigenvalue weighted by molar-refractivity contribution is 8.93. The number of H-pyrrole nitrogens is 2. The standard InChI is InChI=1S/C12H14N4O4.BrH/c1-6(2)13-5-7-3-8(16(19)20)4-9-10(7)15-12(18)11(17)14-9;/h3-4,6,13H,5H2,1-2H3,(H,14,17)(H,15,18);1H. The Morgan fingerprint density at radius 3 is 2.43 bits per heavy atom. The minimum Gasteiger partial charge on any atom is -0.316 e. The summed E-state index contributed by atoms with van der Waals surface area (Å²) >= 11 is 0. The molecule has 0 saturated heterocycles. The van der Waals surface area contributed by atoms with E-state index in [-0.39, 0.29) is 34.2 Å². The molecule has 0 radical (unpaired) electrons. The van der Waals surface area contributed by atoms with Gasteiger partial charge in [0.15, 0.2) is 0 Å².